The number of nitrogens with one attached hydrogen (secondary N) is 1. The van der Waals surface area contributed by atoms with Crippen LogP contribution in [0.3, 0.4) is 0 Å². The molecular formula is C24H30N4O5. The fourth-order valence-corrected chi connectivity index (χ4v) is 3.55. The Morgan fingerprint density at radius 2 is 1.94 bits per heavy atom. The number of primary amides is 1. The quantitative estimate of drug-likeness (QED) is 0.587. The van der Waals surface area contributed by atoms with Crippen LogP contribution in [0.25, 0.3) is 6.08 Å². The van der Waals surface area contributed by atoms with Crippen molar-refractivity contribution in [3.63, 3.8) is 0 Å². The van der Waals surface area contributed by atoms with E-state index in [0.717, 1.165) is 22.6 Å². The van der Waals surface area contributed by atoms with Gasteiger partial charge < -0.3 is 30.5 Å². The fourth-order valence-electron chi connectivity index (χ4n) is 3.55. The first-order chi connectivity index (χ1) is 15.6. The number of nitrogens with two attached hydrogens (primary N) is 1. The van der Waals surface area contributed by atoms with Crippen molar-refractivity contribution in [2.75, 3.05) is 12.0 Å². The summed E-state index contributed by atoms with van der Waals surface area (Å²) >= 11 is 0. The monoisotopic (exact) mass is 454 g/mol. The molecule has 1 aliphatic rings. The summed E-state index contributed by atoms with van der Waals surface area (Å²) in [5, 5.41) is 13.7. The number of aromatic nitrogens is 1. The van der Waals surface area contributed by atoms with E-state index in [1.54, 1.807) is 51.3 Å². The van der Waals surface area contributed by atoms with Gasteiger partial charge in [-0.15, -0.1) is 0 Å². The molecule has 3 rings (SSSR count). The molecule has 0 saturated carbocycles. The van der Waals surface area contributed by atoms with E-state index in [1.165, 1.54) is 0 Å². The van der Waals surface area contributed by atoms with Crippen LogP contribution in [0.2, 0.25) is 0 Å². The van der Waals surface area contributed by atoms with Crippen molar-refractivity contribution in [3.8, 4) is 5.75 Å². The molecule has 9 heteroatoms. The molecule has 1 aromatic heterocycles. The summed E-state index contributed by atoms with van der Waals surface area (Å²) in [6.45, 7) is 5.57. The molecule has 2 heterocycles. The number of alkyl carbamates (subject to hydrolysis) is 1. The minimum absolute atomic E-state index is 0.0171. The number of aliphatic hydroxyl groups excluding tert-OH is 1. The normalized spacial score (nSPS) is 16.3. The highest BCUT2D eigenvalue weighted by atomic mass is 16.6. The van der Waals surface area contributed by atoms with Crippen molar-refractivity contribution in [2.45, 2.75) is 51.6 Å². The van der Waals surface area contributed by atoms with Gasteiger partial charge in [-0.05, 0) is 56.2 Å². The van der Waals surface area contributed by atoms with Crippen LogP contribution in [-0.4, -0.2) is 47.1 Å². The summed E-state index contributed by atoms with van der Waals surface area (Å²) in [7, 11) is 1.60. The number of aliphatic hydroxyl groups is 1. The molecule has 0 fully saturated rings. The second-order valence-corrected chi connectivity index (χ2v) is 8.81. The lowest BCUT2D eigenvalue weighted by molar-refractivity contribution is -0.120. The van der Waals surface area contributed by atoms with E-state index in [-0.39, 0.29) is 6.42 Å². The Hall–Kier alpha value is -3.59. The summed E-state index contributed by atoms with van der Waals surface area (Å²) in [5.41, 5.74) is 7.87. The molecule has 0 saturated heterocycles. The Kier molecular flexibility index (Phi) is 7.23. The second-order valence-electron chi connectivity index (χ2n) is 8.81. The molecule has 9 nitrogen and oxygen atoms in total. The van der Waals surface area contributed by atoms with E-state index in [1.807, 2.05) is 30.3 Å². The third kappa shape index (κ3) is 6.23. The third-order valence-corrected chi connectivity index (χ3v) is 5.09. The number of hydrogen-bond donors (Lipinski definition) is 3. The highest BCUT2D eigenvalue weighted by molar-refractivity contribution is 5.85. The largest absolute Gasteiger partial charge is 0.497 e. The Bertz CT molecular complexity index is 1030. The molecule has 0 bridgehead atoms. The highest BCUT2D eigenvalue weighted by Gasteiger charge is 2.31. The van der Waals surface area contributed by atoms with Crippen LogP contribution in [0, 0.1) is 0 Å². The summed E-state index contributed by atoms with van der Waals surface area (Å²) in [6, 6.07) is 8.30. The van der Waals surface area contributed by atoms with Crippen molar-refractivity contribution in [2.24, 2.45) is 5.73 Å². The van der Waals surface area contributed by atoms with Gasteiger partial charge in [-0.25, -0.2) is 4.79 Å². The number of fused-ring (bicyclic) bond motifs is 1. The molecule has 2 aromatic rings. The molecule has 2 amide bonds. The molecule has 1 aromatic carbocycles. The van der Waals surface area contributed by atoms with Gasteiger partial charge in [0.05, 0.1) is 7.11 Å². The SMILES string of the molecule is COc1ccc(CN2c3ccncc3C=C(C[C@H](NC(=O)OC(C)(C)C)C(N)=O)C2O)cc1. The molecule has 0 spiro atoms. The van der Waals surface area contributed by atoms with Crippen LogP contribution >= 0.6 is 0 Å². The van der Waals surface area contributed by atoms with Crippen molar-refractivity contribution >= 4 is 23.8 Å². The van der Waals surface area contributed by atoms with Gasteiger partial charge >= 0.3 is 6.09 Å². The number of pyridine rings is 1. The zero-order chi connectivity index (χ0) is 24.2. The molecule has 0 aliphatic carbocycles. The summed E-state index contributed by atoms with van der Waals surface area (Å²) < 4.78 is 10.5. The van der Waals surface area contributed by atoms with Crippen LogP contribution < -0.4 is 20.7 Å². The van der Waals surface area contributed by atoms with Gasteiger partial charge in [-0.3, -0.25) is 9.78 Å². The molecular weight excluding hydrogens is 424 g/mol. The van der Waals surface area contributed by atoms with Crippen molar-refractivity contribution in [3.05, 3.63) is 59.4 Å². The average molecular weight is 455 g/mol. The van der Waals surface area contributed by atoms with E-state index >= 15 is 0 Å². The lowest BCUT2D eigenvalue weighted by Crippen LogP contribution is -2.48. The van der Waals surface area contributed by atoms with Gasteiger partial charge in [0.25, 0.3) is 0 Å². The maximum atomic E-state index is 12.2. The van der Waals surface area contributed by atoms with E-state index in [0.29, 0.717) is 12.1 Å². The molecule has 33 heavy (non-hydrogen) atoms. The molecule has 1 aliphatic heterocycles. The van der Waals surface area contributed by atoms with Gasteiger partial charge in [0.15, 0.2) is 0 Å². The number of nitrogens with zero attached hydrogens (tertiary/aromatic N) is 2. The number of benzene rings is 1. The zero-order valence-electron chi connectivity index (χ0n) is 19.2. The number of carbonyl (C=O) groups excluding carboxylic acids is 2. The number of amides is 2. The van der Waals surface area contributed by atoms with E-state index in [2.05, 4.69) is 10.3 Å². The first-order valence-corrected chi connectivity index (χ1v) is 10.6. The molecule has 4 N–H and O–H groups in total. The van der Waals surface area contributed by atoms with E-state index in [4.69, 9.17) is 15.2 Å². The van der Waals surface area contributed by atoms with E-state index in [9.17, 15) is 14.7 Å². The molecule has 1 unspecified atom stereocenters. The Labute approximate surface area is 193 Å². The van der Waals surface area contributed by atoms with Gasteiger partial charge in [0.1, 0.15) is 23.6 Å². The van der Waals surface area contributed by atoms with Crippen molar-refractivity contribution < 1.29 is 24.2 Å². The number of carbonyl (C=O) groups is 2. The second kappa shape index (κ2) is 9.91. The first kappa shape index (κ1) is 24.1. The summed E-state index contributed by atoms with van der Waals surface area (Å²) in [6.07, 6.45) is 3.33. The van der Waals surface area contributed by atoms with Crippen LogP contribution in [0.5, 0.6) is 5.75 Å². The number of anilines is 1. The Morgan fingerprint density at radius 3 is 2.55 bits per heavy atom. The van der Waals surface area contributed by atoms with Gasteiger partial charge in [-0.2, -0.15) is 0 Å². The lowest BCUT2D eigenvalue weighted by atomic mass is 9.96. The maximum absolute atomic E-state index is 12.2. The topological polar surface area (TPSA) is 127 Å². The van der Waals surface area contributed by atoms with Crippen LogP contribution in [-0.2, 0) is 16.1 Å². The minimum Gasteiger partial charge on any atom is -0.497 e. The molecule has 176 valence electrons. The van der Waals surface area contributed by atoms with Crippen LogP contribution in [0.15, 0.2) is 48.3 Å². The van der Waals surface area contributed by atoms with Crippen molar-refractivity contribution in [1.29, 1.82) is 0 Å². The van der Waals surface area contributed by atoms with Gasteiger partial charge in [0, 0.05) is 36.6 Å². The zero-order valence-corrected chi connectivity index (χ0v) is 19.2. The molecule has 2 atom stereocenters. The Balaban J connectivity index is 1.84. The standard InChI is InChI=1S/C24H30N4O5/c1-24(2,3)33-23(31)27-19(21(25)29)12-16-11-17-13-26-10-9-20(17)28(22(16)30)14-15-5-7-18(32-4)8-6-15/h5-11,13,19,22,30H,12,14H2,1-4H3,(H2,25,29)(H,27,31)/t19-,22?/m0/s1. The molecule has 0 radical (unpaired) electrons. The minimum atomic E-state index is -1.05. The smallest absolute Gasteiger partial charge is 0.408 e. The Morgan fingerprint density at radius 1 is 1.24 bits per heavy atom. The van der Waals surface area contributed by atoms with Gasteiger partial charge in [-0.1, -0.05) is 12.1 Å². The highest BCUT2D eigenvalue weighted by Crippen LogP contribution is 2.34. The number of rotatable bonds is 7. The number of ether oxygens (including phenoxy) is 2. The van der Waals surface area contributed by atoms with Crippen LogP contribution in [0.4, 0.5) is 10.5 Å². The van der Waals surface area contributed by atoms with Crippen LogP contribution in [0.1, 0.15) is 38.3 Å². The fraction of sp³-hybridized carbons (Fsp3) is 0.375. The third-order valence-electron chi connectivity index (χ3n) is 5.09. The maximum Gasteiger partial charge on any atom is 0.408 e. The lowest BCUT2D eigenvalue weighted by Gasteiger charge is -2.37. The summed E-state index contributed by atoms with van der Waals surface area (Å²) in [4.78, 5) is 30.2. The number of methoxy groups -OCH3 is 1. The predicted octanol–water partition coefficient (Wildman–Crippen LogP) is 2.58. The van der Waals surface area contributed by atoms with Gasteiger partial charge in [0.2, 0.25) is 5.91 Å². The average Bonchev–Trinajstić information content (AvgIpc) is 2.75. The number of hydrogen-bond acceptors (Lipinski definition) is 7. The van der Waals surface area contributed by atoms with E-state index < -0.39 is 29.9 Å². The summed E-state index contributed by atoms with van der Waals surface area (Å²) in [5.74, 6) is 0.00768. The van der Waals surface area contributed by atoms with Crippen molar-refractivity contribution in [1.82, 2.24) is 10.3 Å². The predicted molar refractivity (Wildman–Crippen MR) is 124 cm³/mol. The first-order valence-electron chi connectivity index (χ1n) is 10.6.